The van der Waals surface area contributed by atoms with E-state index in [1.165, 1.54) is 244 Å². The second-order valence-corrected chi connectivity index (χ2v) is 21.7. The first kappa shape index (κ1) is 68.9. The zero-order valence-electron chi connectivity index (χ0n) is 48.0. The molecule has 0 rings (SSSR count). The van der Waals surface area contributed by atoms with Crippen molar-refractivity contribution in [1.82, 2.24) is 0 Å². The van der Waals surface area contributed by atoms with Crippen LogP contribution in [-0.4, -0.2) is 37.2 Å². The zero-order valence-corrected chi connectivity index (χ0v) is 48.0. The monoisotopic (exact) mass is 999 g/mol. The summed E-state index contributed by atoms with van der Waals surface area (Å²) >= 11 is 0. The van der Waals surface area contributed by atoms with Crippen molar-refractivity contribution in [2.75, 3.05) is 13.2 Å². The molecule has 0 aromatic heterocycles. The molecule has 0 aliphatic rings. The Bertz CT molecular complexity index is 1150. The van der Waals surface area contributed by atoms with Gasteiger partial charge in [0.2, 0.25) is 0 Å². The predicted octanol–water partition coefficient (Wildman–Crippen LogP) is 21.4. The molecule has 0 heterocycles. The molecule has 71 heavy (non-hydrogen) atoms. The number of unbranched alkanes of at least 4 members (excludes halogenated alkanes) is 44. The Hall–Kier alpha value is -2.11. The maximum Gasteiger partial charge on any atom is 0.306 e. The van der Waals surface area contributed by atoms with Crippen LogP contribution in [0, 0.1) is 0 Å². The van der Waals surface area contributed by atoms with Crippen molar-refractivity contribution >= 4 is 17.9 Å². The summed E-state index contributed by atoms with van der Waals surface area (Å²) in [7, 11) is 0. The van der Waals surface area contributed by atoms with Crippen LogP contribution in [0.5, 0.6) is 0 Å². The highest BCUT2D eigenvalue weighted by atomic mass is 16.6. The van der Waals surface area contributed by atoms with E-state index < -0.39 is 6.10 Å². The van der Waals surface area contributed by atoms with Gasteiger partial charge < -0.3 is 14.2 Å². The van der Waals surface area contributed by atoms with Crippen LogP contribution in [0.3, 0.4) is 0 Å². The smallest absolute Gasteiger partial charge is 0.306 e. The Morgan fingerprint density at radius 3 is 0.789 bits per heavy atom. The second-order valence-electron chi connectivity index (χ2n) is 21.7. The van der Waals surface area contributed by atoms with Crippen molar-refractivity contribution in [3.8, 4) is 0 Å². The number of rotatable bonds is 59. The first-order valence-electron chi connectivity index (χ1n) is 31.8. The fraction of sp³-hybridized carbons (Fsp3) is 0.892. The van der Waals surface area contributed by atoms with Gasteiger partial charge in [0, 0.05) is 19.3 Å². The third kappa shape index (κ3) is 58.7. The predicted molar refractivity (Wildman–Crippen MR) is 307 cm³/mol. The summed E-state index contributed by atoms with van der Waals surface area (Å²) in [6.07, 6.45) is 71.7. The Balaban J connectivity index is 4.32. The molecular weight excluding hydrogens is 877 g/mol. The normalized spacial score (nSPS) is 12.1. The van der Waals surface area contributed by atoms with Gasteiger partial charge in [-0.05, 0) is 51.4 Å². The van der Waals surface area contributed by atoms with E-state index in [-0.39, 0.29) is 31.1 Å². The molecule has 0 aromatic carbocycles. The van der Waals surface area contributed by atoms with Gasteiger partial charge in [0.05, 0.1) is 0 Å². The quantitative estimate of drug-likeness (QED) is 0.0261. The van der Waals surface area contributed by atoms with Crippen molar-refractivity contribution in [1.29, 1.82) is 0 Å². The SMILES string of the molecule is CCCCCC/C=C\C/C=C\CCCCCCCCCC(=O)OC(COC(=O)CCCCCCCCCCCCCCCCCC)COC(=O)CCCCCCCCCCCCCCCCCCCCC. The maximum atomic E-state index is 12.9. The van der Waals surface area contributed by atoms with Gasteiger partial charge in [0.1, 0.15) is 13.2 Å². The van der Waals surface area contributed by atoms with E-state index in [1.807, 2.05) is 0 Å². The van der Waals surface area contributed by atoms with Crippen LogP contribution in [0.25, 0.3) is 0 Å². The summed E-state index contributed by atoms with van der Waals surface area (Å²) in [4.78, 5) is 38.3. The van der Waals surface area contributed by atoms with Crippen LogP contribution in [0.1, 0.15) is 355 Å². The van der Waals surface area contributed by atoms with Gasteiger partial charge in [-0.15, -0.1) is 0 Å². The first-order chi connectivity index (χ1) is 35.0. The first-order valence-corrected chi connectivity index (χ1v) is 31.8. The number of esters is 3. The highest BCUT2D eigenvalue weighted by molar-refractivity contribution is 5.71. The third-order valence-electron chi connectivity index (χ3n) is 14.5. The topological polar surface area (TPSA) is 78.9 Å². The lowest BCUT2D eigenvalue weighted by Gasteiger charge is -2.18. The molecule has 0 fully saturated rings. The van der Waals surface area contributed by atoms with Crippen LogP contribution in [-0.2, 0) is 28.6 Å². The fourth-order valence-corrected chi connectivity index (χ4v) is 9.65. The third-order valence-corrected chi connectivity index (χ3v) is 14.5. The fourth-order valence-electron chi connectivity index (χ4n) is 9.65. The molecule has 0 radical (unpaired) electrons. The van der Waals surface area contributed by atoms with Crippen LogP contribution < -0.4 is 0 Å². The Labute approximate surface area is 443 Å². The van der Waals surface area contributed by atoms with E-state index in [9.17, 15) is 14.4 Å². The second kappa shape index (κ2) is 60.4. The molecule has 0 amide bonds. The van der Waals surface area contributed by atoms with Gasteiger partial charge in [-0.25, -0.2) is 0 Å². The molecule has 418 valence electrons. The van der Waals surface area contributed by atoms with Gasteiger partial charge in [-0.2, -0.15) is 0 Å². The van der Waals surface area contributed by atoms with Gasteiger partial charge in [0.15, 0.2) is 6.10 Å². The van der Waals surface area contributed by atoms with Gasteiger partial charge >= 0.3 is 17.9 Å². The lowest BCUT2D eigenvalue weighted by molar-refractivity contribution is -0.167. The largest absolute Gasteiger partial charge is 0.462 e. The summed E-state index contributed by atoms with van der Waals surface area (Å²) in [5.74, 6) is -0.848. The highest BCUT2D eigenvalue weighted by Gasteiger charge is 2.19. The standard InChI is InChI=1S/C65H122O6/c1-4-7-10-13-16-19-22-25-28-31-33-35-37-40-43-46-49-52-55-58-64(67)70-61-62(60-69-63(66)57-54-51-48-45-42-39-36-30-27-24-21-18-15-12-9-6-3)71-65(68)59-56-53-50-47-44-41-38-34-32-29-26-23-20-17-14-11-8-5-2/h20,23,29,32,62H,4-19,21-22,24-28,30-31,33-61H2,1-3H3/b23-20-,32-29-. The summed E-state index contributed by atoms with van der Waals surface area (Å²) in [6.45, 7) is 6.69. The Morgan fingerprint density at radius 1 is 0.282 bits per heavy atom. The number of hydrogen-bond donors (Lipinski definition) is 0. The van der Waals surface area contributed by atoms with E-state index in [0.29, 0.717) is 19.3 Å². The van der Waals surface area contributed by atoms with Gasteiger partial charge in [-0.1, -0.05) is 308 Å². The van der Waals surface area contributed by atoms with E-state index in [2.05, 4.69) is 45.1 Å². The molecule has 1 unspecified atom stereocenters. The summed E-state index contributed by atoms with van der Waals surface area (Å²) in [6, 6.07) is 0. The summed E-state index contributed by atoms with van der Waals surface area (Å²) < 4.78 is 16.9. The van der Waals surface area contributed by atoms with Crippen LogP contribution >= 0.6 is 0 Å². The van der Waals surface area contributed by atoms with E-state index in [1.54, 1.807) is 0 Å². The Kier molecular flexibility index (Phi) is 58.6. The zero-order chi connectivity index (χ0) is 51.4. The molecule has 0 aromatic rings. The van der Waals surface area contributed by atoms with Crippen molar-refractivity contribution in [3.05, 3.63) is 24.3 Å². The number of carbonyl (C=O) groups excluding carboxylic acids is 3. The minimum absolute atomic E-state index is 0.0684. The summed E-state index contributed by atoms with van der Waals surface area (Å²) in [5.41, 5.74) is 0. The van der Waals surface area contributed by atoms with Crippen molar-refractivity contribution in [2.45, 2.75) is 361 Å². The van der Waals surface area contributed by atoms with Crippen LogP contribution in [0.15, 0.2) is 24.3 Å². The van der Waals surface area contributed by atoms with Crippen LogP contribution in [0.2, 0.25) is 0 Å². The number of carbonyl (C=O) groups is 3. The minimum Gasteiger partial charge on any atom is -0.462 e. The lowest BCUT2D eigenvalue weighted by Crippen LogP contribution is -2.30. The lowest BCUT2D eigenvalue weighted by atomic mass is 10.0. The van der Waals surface area contributed by atoms with Gasteiger partial charge in [0.25, 0.3) is 0 Å². The molecular formula is C65H122O6. The molecule has 6 heteroatoms. The van der Waals surface area contributed by atoms with Crippen molar-refractivity contribution in [3.63, 3.8) is 0 Å². The molecule has 0 aliphatic heterocycles. The average Bonchev–Trinajstić information content (AvgIpc) is 3.37. The van der Waals surface area contributed by atoms with Gasteiger partial charge in [-0.3, -0.25) is 14.4 Å². The number of hydrogen-bond acceptors (Lipinski definition) is 6. The van der Waals surface area contributed by atoms with Crippen molar-refractivity contribution in [2.24, 2.45) is 0 Å². The molecule has 0 saturated heterocycles. The molecule has 0 bridgehead atoms. The van der Waals surface area contributed by atoms with Crippen LogP contribution in [0.4, 0.5) is 0 Å². The Morgan fingerprint density at radius 2 is 0.507 bits per heavy atom. The van der Waals surface area contributed by atoms with E-state index in [0.717, 1.165) is 70.6 Å². The minimum atomic E-state index is -0.771. The number of ether oxygens (including phenoxy) is 3. The van der Waals surface area contributed by atoms with Crippen molar-refractivity contribution < 1.29 is 28.6 Å². The highest BCUT2D eigenvalue weighted by Crippen LogP contribution is 2.18. The average molecular weight is 1000 g/mol. The molecule has 0 aliphatic carbocycles. The summed E-state index contributed by atoms with van der Waals surface area (Å²) in [5, 5.41) is 0. The molecule has 6 nitrogen and oxygen atoms in total. The van der Waals surface area contributed by atoms with E-state index >= 15 is 0 Å². The van der Waals surface area contributed by atoms with E-state index in [4.69, 9.17) is 14.2 Å². The molecule has 0 spiro atoms. The maximum absolute atomic E-state index is 12.9. The molecule has 0 saturated carbocycles. The number of allylic oxidation sites excluding steroid dienone is 4. The molecule has 0 N–H and O–H groups in total. The molecule has 1 atom stereocenters.